The molecule has 2 rings (SSSR count). The molecule has 2 nitrogen and oxygen atoms in total. The van der Waals surface area contributed by atoms with Gasteiger partial charge in [0.15, 0.2) is 0 Å². The van der Waals surface area contributed by atoms with E-state index in [4.69, 9.17) is 4.98 Å². The van der Waals surface area contributed by atoms with E-state index in [9.17, 15) is 0 Å². The Morgan fingerprint density at radius 2 is 2.22 bits per heavy atom. The van der Waals surface area contributed by atoms with Crippen LogP contribution in [0.25, 0.3) is 0 Å². The molecule has 1 fully saturated rings. The quantitative estimate of drug-likeness (QED) is 0.726. The van der Waals surface area contributed by atoms with Gasteiger partial charge in [-0.3, -0.25) is 0 Å². The minimum atomic E-state index is 0.553. The second-order valence-electron chi connectivity index (χ2n) is 5.28. The molecule has 1 aromatic rings. The zero-order valence-corrected chi connectivity index (χ0v) is 13.3. The molecular weight excluding hydrogens is 260 g/mol. The molecule has 0 aliphatic heterocycles. The predicted molar refractivity (Wildman–Crippen MR) is 82.5 cm³/mol. The fourth-order valence-corrected chi connectivity index (χ4v) is 3.94. The lowest BCUT2D eigenvalue weighted by molar-refractivity contribution is 0.590. The minimum absolute atomic E-state index is 0.553. The van der Waals surface area contributed by atoms with Gasteiger partial charge in [0.1, 0.15) is 5.01 Å². The maximum absolute atomic E-state index is 4.88. The third-order valence-electron chi connectivity index (χ3n) is 2.98. The topological polar surface area (TPSA) is 24.9 Å². The predicted octanol–water partition coefficient (Wildman–Crippen LogP) is 4.16. The van der Waals surface area contributed by atoms with Gasteiger partial charge in [-0.2, -0.15) is 11.8 Å². The number of rotatable bonds is 8. The molecule has 0 amide bonds. The van der Waals surface area contributed by atoms with Gasteiger partial charge < -0.3 is 5.32 Å². The van der Waals surface area contributed by atoms with Crippen molar-refractivity contribution in [2.24, 2.45) is 0 Å². The van der Waals surface area contributed by atoms with E-state index in [1.807, 2.05) is 23.1 Å². The van der Waals surface area contributed by atoms with Crippen LogP contribution in [0.2, 0.25) is 0 Å². The number of hydrogen-bond donors (Lipinski definition) is 1. The van der Waals surface area contributed by atoms with Crippen molar-refractivity contribution in [3.8, 4) is 0 Å². The van der Waals surface area contributed by atoms with Crippen molar-refractivity contribution >= 4 is 23.1 Å². The number of nitrogens with one attached hydrogen (secondary N) is 1. The van der Waals surface area contributed by atoms with Crippen molar-refractivity contribution in [3.05, 3.63) is 15.6 Å². The SMILES string of the molecule is CCCSCc1nc(C2CC2)c(CNC(C)C)s1. The molecule has 0 bridgehead atoms. The van der Waals surface area contributed by atoms with Gasteiger partial charge in [0.25, 0.3) is 0 Å². The fourth-order valence-electron chi connectivity index (χ4n) is 1.88. The van der Waals surface area contributed by atoms with Crippen LogP contribution in [0.15, 0.2) is 0 Å². The van der Waals surface area contributed by atoms with E-state index in [1.54, 1.807) is 0 Å². The second-order valence-corrected chi connectivity index (χ2v) is 7.55. The number of hydrogen-bond acceptors (Lipinski definition) is 4. The lowest BCUT2D eigenvalue weighted by Crippen LogP contribution is -2.21. The zero-order chi connectivity index (χ0) is 13.0. The third kappa shape index (κ3) is 4.25. The molecule has 1 saturated carbocycles. The average Bonchev–Trinajstić information content (AvgIpc) is 3.09. The monoisotopic (exact) mass is 284 g/mol. The van der Waals surface area contributed by atoms with E-state index < -0.39 is 0 Å². The Morgan fingerprint density at radius 3 is 2.83 bits per heavy atom. The molecule has 4 heteroatoms. The van der Waals surface area contributed by atoms with Gasteiger partial charge in [0.2, 0.25) is 0 Å². The van der Waals surface area contributed by atoms with Gasteiger partial charge in [-0.05, 0) is 25.0 Å². The van der Waals surface area contributed by atoms with Crippen molar-refractivity contribution in [1.82, 2.24) is 10.3 Å². The fraction of sp³-hybridized carbons (Fsp3) is 0.786. The largest absolute Gasteiger partial charge is 0.310 e. The second kappa shape index (κ2) is 6.92. The molecule has 18 heavy (non-hydrogen) atoms. The highest BCUT2D eigenvalue weighted by molar-refractivity contribution is 7.98. The summed E-state index contributed by atoms with van der Waals surface area (Å²) in [5, 5.41) is 4.86. The first-order valence-electron chi connectivity index (χ1n) is 7.00. The Hall–Kier alpha value is -0.0600. The molecule has 1 heterocycles. The molecular formula is C14H24N2S2. The lowest BCUT2D eigenvalue weighted by atomic mass is 10.2. The maximum Gasteiger partial charge on any atom is 0.103 e. The van der Waals surface area contributed by atoms with Gasteiger partial charge in [-0.15, -0.1) is 11.3 Å². The molecule has 1 aliphatic carbocycles. The molecule has 0 aromatic carbocycles. The molecule has 0 unspecified atom stereocenters. The summed E-state index contributed by atoms with van der Waals surface area (Å²) in [7, 11) is 0. The first kappa shape index (κ1) is 14.4. The Kier molecular flexibility index (Phi) is 5.52. The summed E-state index contributed by atoms with van der Waals surface area (Å²) >= 11 is 3.94. The lowest BCUT2D eigenvalue weighted by Gasteiger charge is -2.07. The van der Waals surface area contributed by atoms with Crippen LogP contribution in [-0.4, -0.2) is 16.8 Å². The summed E-state index contributed by atoms with van der Waals surface area (Å²) in [4.78, 5) is 6.36. The van der Waals surface area contributed by atoms with Crippen LogP contribution in [0.4, 0.5) is 0 Å². The van der Waals surface area contributed by atoms with Crippen LogP contribution in [0.1, 0.15) is 61.5 Å². The summed E-state index contributed by atoms with van der Waals surface area (Å²) < 4.78 is 0. The van der Waals surface area contributed by atoms with Crippen molar-refractivity contribution in [3.63, 3.8) is 0 Å². The first-order chi connectivity index (χ1) is 8.70. The Bertz CT molecular complexity index is 370. The normalized spacial score (nSPS) is 15.6. The van der Waals surface area contributed by atoms with Crippen molar-refractivity contribution in [2.75, 3.05) is 5.75 Å². The van der Waals surface area contributed by atoms with E-state index in [1.165, 1.54) is 40.6 Å². The van der Waals surface area contributed by atoms with Crippen LogP contribution in [0.3, 0.4) is 0 Å². The number of aromatic nitrogens is 1. The molecule has 1 N–H and O–H groups in total. The van der Waals surface area contributed by atoms with Gasteiger partial charge in [-0.25, -0.2) is 4.98 Å². The van der Waals surface area contributed by atoms with Crippen molar-refractivity contribution in [1.29, 1.82) is 0 Å². The van der Waals surface area contributed by atoms with Crippen molar-refractivity contribution < 1.29 is 0 Å². The van der Waals surface area contributed by atoms with E-state index >= 15 is 0 Å². The molecule has 0 spiro atoms. The number of thioether (sulfide) groups is 1. The Balaban J connectivity index is 1.97. The van der Waals surface area contributed by atoms with Gasteiger partial charge >= 0.3 is 0 Å². The molecule has 1 aromatic heterocycles. The summed E-state index contributed by atoms with van der Waals surface area (Å²) in [6, 6.07) is 0.553. The minimum Gasteiger partial charge on any atom is -0.310 e. The zero-order valence-electron chi connectivity index (χ0n) is 11.7. The molecule has 0 radical (unpaired) electrons. The van der Waals surface area contributed by atoms with E-state index in [0.717, 1.165) is 18.2 Å². The van der Waals surface area contributed by atoms with E-state index in [0.29, 0.717) is 6.04 Å². The van der Waals surface area contributed by atoms with Crippen LogP contribution >= 0.6 is 23.1 Å². The van der Waals surface area contributed by atoms with E-state index in [2.05, 4.69) is 26.1 Å². The highest BCUT2D eigenvalue weighted by Gasteiger charge is 2.29. The van der Waals surface area contributed by atoms with Crippen LogP contribution in [0, 0.1) is 0 Å². The van der Waals surface area contributed by atoms with Gasteiger partial charge in [-0.1, -0.05) is 20.8 Å². The number of nitrogens with zero attached hydrogens (tertiary/aromatic N) is 1. The standard InChI is InChI=1S/C14H24N2S2/c1-4-7-17-9-13-16-14(11-5-6-11)12(18-13)8-15-10(2)3/h10-11,15H,4-9H2,1-3H3. The van der Waals surface area contributed by atoms with Gasteiger partial charge in [0.05, 0.1) is 5.69 Å². The molecule has 0 atom stereocenters. The Labute approximate surface area is 119 Å². The average molecular weight is 284 g/mol. The first-order valence-corrected chi connectivity index (χ1v) is 8.97. The summed E-state index contributed by atoms with van der Waals surface area (Å²) in [6.07, 6.45) is 3.95. The molecule has 102 valence electrons. The van der Waals surface area contributed by atoms with Crippen LogP contribution < -0.4 is 5.32 Å². The number of thiazole rings is 1. The maximum atomic E-state index is 4.88. The summed E-state index contributed by atoms with van der Waals surface area (Å²) in [5.74, 6) is 3.12. The smallest absolute Gasteiger partial charge is 0.103 e. The van der Waals surface area contributed by atoms with Gasteiger partial charge in [0, 0.05) is 29.1 Å². The van der Waals surface area contributed by atoms with Crippen LogP contribution in [0.5, 0.6) is 0 Å². The molecule has 1 aliphatic rings. The highest BCUT2D eigenvalue weighted by atomic mass is 32.2. The van der Waals surface area contributed by atoms with E-state index in [-0.39, 0.29) is 0 Å². The Morgan fingerprint density at radius 1 is 1.44 bits per heavy atom. The third-order valence-corrected chi connectivity index (χ3v) is 5.41. The highest BCUT2D eigenvalue weighted by Crippen LogP contribution is 2.43. The summed E-state index contributed by atoms with van der Waals surface area (Å²) in [5.41, 5.74) is 1.40. The summed E-state index contributed by atoms with van der Waals surface area (Å²) in [6.45, 7) is 7.65. The van der Waals surface area contributed by atoms with Crippen molar-refractivity contribution in [2.45, 2.75) is 64.3 Å². The molecule has 0 saturated heterocycles. The van der Waals surface area contributed by atoms with Crippen LogP contribution in [-0.2, 0) is 12.3 Å².